The Labute approximate surface area is 202 Å². The molecule has 0 saturated carbocycles. The summed E-state index contributed by atoms with van der Waals surface area (Å²) in [5.74, 6) is -2.64. The lowest BCUT2D eigenvalue weighted by molar-refractivity contribution is -0.384. The van der Waals surface area contributed by atoms with E-state index in [1.165, 1.54) is 37.3 Å². The van der Waals surface area contributed by atoms with E-state index in [1.54, 1.807) is 12.1 Å². The predicted molar refractivity (Wildman–Crippen MR) is 126 cm³/mol. The summed E-state index contributed by atoms with van der Waals surface area (Å²) in [7, 11) is 0. The molecule has 3 aromatic carbocycles. The second-order valence-electron chi connectivity index (χ2n) is 7.61. The Morgan fingerprint density at radius 3 is 2.31 bits per heavy atom. The third-order valence-corrected chi connectivity index (χ3v) is 5.74. The monoisotopic (exact) mass is 493 g/mol. The average molecular weight is 494 g/mol. The number of rotatable bonds is 5. The maximum atomic E-state index is 13.0. The fourth-order valence-corrected chi connectivity index (χ4v) is 3.84. The number of carbonyl (C=O) groups is 4. The Bertz CT molecular complexity index is 1450. The van der Waals surface area contributed by atoms with Crippen LogP contribution in [0.1, 0.15) is 49.1 Å². The van der Waals surface area contributed by atoms with Crippen molar-refractivity contribution in [1.82, 2.24) is 0 Å². The smallest absolute Gasteiger partial charge is 0.341 e. The van der Waals surface area contributed by atoms with Crippen molar-refractivity contribution in [2.24, 2.45) is 0 Å². The number of hydrogen-bond donors (Lipinski definition) is 2. The lowest BCUT2D eigenvalue weighted by Crippen LogP contribution is -2.31. The number of nitro groups is 1. The molecular formula is C24H16ClN3O7. The van der Waals surface area contributed by atoms with E-state index in [9.17, 15) is 29.3 Å². The van der Waals surface area contributed by atoms with Crippen LogP contribution in [0.15, 0.2) is 54.6 Å². The molecule has 10 nitrogen and oxygen atoms in total. The zero-order valence-corrected chi connectivity index (χ0v) is 18.8. The molecule has 11 heteroatoms. The Hall–Kier alpha value is -4.57. The first-order chi connectivity index (χ1) is 16.6. The van der Waals surface area contributed by atoms with Gasteiger partial charge in [-0.25, -0.2) is 4.79 Å². The molecule has 0 aliphatic heterocycles. The number of carbonyl (C=O) groups excluding carboxylic acids is 4. The molecule has 35 heavy (non-hydrogen) atoms. The summed E-state index contributed by atoms with van der Waals surface area (Å²) in [4.78, 5) is 61.2. The van der Waals surface area contributed by atoms with Crippen molar-refractivity contribution >= 4 is 52.1 Å². The number of nitro benzene ring substituents is 1. The van der Waals surface area contributed by atoms with Gasteiger partial charge in [0.25, 0.3) is 11.6 Å². The van der Waals surface area contributed by atoms with Gasteiger partial charge in [-0.3, -0.25) is 24.5 Å². The van der Waals surface area contributed by atoms with Gasteiger partial charge >= 0.3 is 5.97 Å². The molecule has 0 saturated heterocycles. The minimum absolute atomic E-state index is 0.0707. The van der Waals surface area contributed by atoms with E-state index in [2.05, 4.69) is 5.32 Å². The van der Waals surface area contributed by atoms with Gasteiger partial charge in [0, 0.05) is 28.8 Å². The molecule has 1 amide bonds. The quantitative estimate of drug-likeness (QED) is 0.184. The molecule has 0 spiro atoms. The first-order valence-corrected chi connectivity index (χ1v) is 10.5. The van der Waals surface area contributed by atoms with Crippen LogP contribution < -0.4 is 11.1 Å². The highest BCUT2D eigenvalue weighted by Gasteiger charge is 2.33. The van der Waals surface area contributed by atoms with E-state index in [1.807, 2.05) is 0 Å². The van der Waals surface area contributed by atoms with Crippen molar-refractivity contribution in [2.75, 3.05) is 11.1 Å². The van der Waals surface area contributed by atoms with E-state index >= 15 is 0 Å². The summed E-state index contributed by atoms with van der Waals surface area (Å²) < 4.78 is 5.20. The topological polar surface area (TPSA) is 159 Å². The van der Waals surface area contributed by atoms with Crippen LogP contribution in [0.25, 0.3) is 0 Å². The number of fused-ring (bicyclic) bond motifs is 2. The van der Waals surface area contributed by atoms with E-state index in [0.29, 0.717) is 0 Å². The molecule has 3 N–H and O–H groups in total. The number of ether oxygens (including phenoxy) is 1. The highest BCUT2D eigenvalue weighted by atomic mass is 35.5. The van der Waals surface area contributed by atoms with E-state index < -0.39 is 34.5 Å². The van der Waals surface area contributed by atoms with Gasteiger partial charge in [-0.2, -0.15) is 0 Å². The Balaban J connectivity index is 1.54. The number of non-ortho nitro benzene ring substituents is 1. The minimum Gasteiger partial charge on any atom is -0.449 e. The lowest BCUT2D eigenvalue weighted by atomic mass is 9.82. The molecule has 0 fully saturated rings. The number of amides is 1. The van der Waals surface area contributed by atoms with E-state index in [0.717, 1.165) is 12.1 Å². The summed E-state index contributed by atoms with van der Waals surface area (Å²) in [5, 5.41) is 13.2. The number of anilines is 2. The van der Waals surface area contributed by atoms with E-state index in [4.69, 9.17) is 22.1 Å². The molecule has 1 atom stereocenters. The number of hydrogen-bond acceptors (Lipinski definition) is 8. The third kappa shape index (κ3) is 4.22. The van der Waals surface area contributed by atoms with Gasteiger partial charge in [-0.15, -0.1) is 0 Å². The van der Waals surface area contributed by atoms with Crippen LogP contribution in [-0.4, -0.2) is 34.5 Å². The number of esters is 1. The summed E-state index contributed by atoms with van der Waals surface area (Å²) in [5.41, 5.74) is 5.91. The predicted octanol–water partition coefficient (Wildman–Crippen LogP) is 3.79. The summed E-state index contributed by atoms with van der Waals surface area (Å²) in [6.07, 6.45) is -1.32. The summed E-state index contributed by atoms with van der Waals surface area (Å²) in [6, 6.07) is 12.3. The van der Waals surface area contributed by atoms with Crippen molar-refractivity contribution in [3.8, 4) is 0 Å². The van der Waals surface area contributed by atoms with Crippen LogP contribution in [0.5, 0.6) is 0 Å². The minimum atomic E-state index is -1.32. The molecule has 0 bridgehead atoms. The molecule has 1 aliphatic rings. The molecule has 1 unspecified atom stereocenters. The SMILES string of the molecule is CC(OC(=O)c1ccc2c(c1N)C(=O)c1ccccc1C2=O)C(=O)Nc1ccc([N+](=O)[O-])cc1Cl. The highest BCUT2D eigenvalue weighted by Crippen LogP contribution is 2.33. The fraction of sp³-hybridized carbons (Fsp3) is 0.0833. The second-order valence-corrected chi connectivity index (χ2v) is 8.02. The van der Waals surface area contributed by atoms with Crippen LogP contribution >= 0.6 is 11.6 Å². The van der Waals surface area contributed by atoms with Crippen LogP contribution in [0.3, 0.4) is 0 Å². The van der Waals surface area contributed by atoms with Gasteiger partial charge in [0.05, 0.1) is 32.4 Å². The zero-order chi connectivity index (χ0) is 25.4. The Morgan fingerprint density at radius 1 is 1.03 bits per heavy atom. The standard InChI is InChI=1S/C24H16ClN3O7/c1-11(23(31)27-18-9-6-12(28(33)34)10-17(18)25)35-24(32)16-8-7-15-19(20(16)26)22(30)14-5-3-2-4-13(14)21(15)29/h2-11H,26H2,1H3,(H,27,31). The molecule has 0 aromatic heterocycles. The van der Waals surface area contributed by atoms with Crippen molar-refractivity contribution in [2.45, 2.75) is 13.0 Å². The molecule has 4 rings (SSSR count). The van der Waals surface area contributed by atoms with Crippen LogP contribution in [0.4, 0.5) is 17.1 Å². The summed E-state index contributed by atoms with van der Waals surface area (Å²) in [6.45, 7) is 1.30. The lowest BCUT2D eigenvalue weighted by Gasteiger charge is -2.20. The van der Waals surface area contributed by atoms with Crippen LogP contribution in [0, 0.1) is 10.1 Å². The van der Waals surface area contributed by atoms with Gasteiger partial charge in [0.2, 0.25) is 0 Å². The number of nitrogens with one attached hydrogen (secondary N) is 1. The van der Waals surface area contributed by atoms with Crippen LogP contribution in [-0.2, 0) is 9.53 Å². The number of ketones is 2. The van der Waals surface area contributed by atoms with Gasteiger partial charge in [-0.05, 0) is 25.1 Å². The first kappa shape index (κ1) is 23.6. The second kappa shape index (κ2) is 8.99. The molecular weight excluding hydrogens is 478 g/mol. The van der Waals surface area contributed by atoms with Gasteiger partial charge in [0.15, 0.2) is 17.7 Å². The highest BCUT2D eigenvalue weighted by molar-refractivity contribution is 6.34. The largest absolute Gasteiger partial charge is 0.449 e. The zero-order valence-electron chi connectivity index (χ0n) is 18.0. The Kier molecular flexibility index (Phi) is 6.06. The van der Waals surface area contributed by atoms with Crippen molar-refractivity contribution < 1.29 is 28.8 Å². The van der Waals surface area contributed by atoms with Crippen LogP contribution in [0.2, 0.25) is 5.02 Å². The van der Waals surface area contributed by atoms with Crippen molar-refractivity contribution in [3.63, 3.8) is 0 Å². The number of nitrogens with two attached hydrogens (primary N) is 1. The number of nitrogens with zero attached hydrogens (tertiary/aromatic N) is 1. The molecule has 0 heterocycles. The normalized spacial score (nSPS) is 12.9. The molecule has 0 radical (unpaired) electrons. The van der Waals surface area contributed by atoms with Gasteiger partial charge in [0.1, 0.15) is 0 Å². The Morgan fingerprint density at radius 2 is 1.69 bits per heavy atom. The van der Waals surface area contributed by atoms with Gasteiger partial charge in [-0.1, -0.05) is 35.9 Å². The maximum absolute atomic E-state index is 13.0. The van der Waals surface area contributed by atoms with Gasteiger partial charge < -0.3 is 15.8 Å². The van der Waals surface area contributed by atoms with Crippen molar-refractivity contribution in [1.29, 1.82) is 0 Å². The fourth-order valence-electron chi connectivity index (χ4n) is 3.62. The van der Waals surface area contributed by atoms with Crippen molar-refractivity contribution in [3.05, 3.63) is 97.6 Å². The number of nitrogen functional groups attached to an aromatic ring is 1. The molecule has 1 aliphatic carbocycles. The molecule has 3 aromatic rings. The number of benzene rings is 3. The molecule has 176 valence electrons. The number of halogens is 1. The third-order valence-electron chi connectivity index (χ3n) is 5.43. The van der Waals surface area contributed by atoms with E-state index in [-0.39, 0.29) is 49.9 Å². The average Bonchev–Trinajstić information content (AvgIpc) is 2.83. The first-order valence-electron chi connectivity index (χ1n) is 10.2. The summed E-state index contributed by atoms with van der Waals surface area (Å²) >= 11 is 5.97. The maximum Gasteiger partial charge on any atom is 0.341 e.